The van der Waals surface area contributed by atoms with Crippen LogP contribution in [0.4, 0.5) is 0 Å². The van der Waals surface area contributed by atoms with Crippen molar-refractivity contribution >= 4 is 52.2 Å². The Morgan fingerprint density at radius 3 is 1.38 bits per heavy atom. The van der Waals surface area contributed by atoms with Crippen molar-refractivity contribution in [3.8, 4) is 0 Å². The van der Waals surface area contributed by atoms with Crippen LogP contribution in [0.15, 0.2) is 0 Å². The summed E-state index contributed by atoms with van der Waals surface area (Å²) in [6.07, 6.45) is 16.1. The smallest absolute Gasteiger partial charge is 0.316 e. The van der Waals surface area contributed by atoms with Crippen LogP contribution in [0.3, 0.4) is 0 Å². The molecule has 1 nitrogen and oxygen atoms in total. The second-order valence-corrected chi connectivity index (χ2v) is 6.92. The summed E-state index contributed by atoms with van der Waals surface area (Å²) in [6.45, 7) is 6.73. The zero-order chi connectivity index (χ0) is 15.1. The summed E-state index contributed by atoms with van der Waals surface area (Å²) in [5.41, 5.74) is 0. The first kappa shape index (κ1) is 24.3. The third kappa shape index (κ3) is 17.2. The van der Waals surface area contributed by atoms with Crippen molar-refractivity contribution in [2.24, 2.45) is 0 Å². The van der Waals surface area contributed by atoms with Crippen molar-refractivity contribution in [3.63, 3.8) is 0 Å². The van der Waals surface area contributed by atoms with E-state index < -0.39 is 0 Å². The van der Waals surface area contributed by atoms with Gasteiger partial charge >= 0.3 is 23.1 Å². The number of hydrogen-bond donors (Lipinski definition) is 1. The molecular formula is C17H37MgNS2. The Kier molecular flexibility index (Phi) is 22.0. The van der Waals surface area contributed by atoms with Crippen LogP contribution in [0.5, 0.6) is 0 Å². The number of nitrogens with zero attached hydrogens (tertiary/aromatic N) is 1. The van der Waals surface area contributed by atoms with Crippen molar-refractivity contribution in [1.82, 2.24) is 4.90 Å². The molecular weight excluding hydrogens is 307 g/mol. The monoisotopic (exact) mass is 343 g/mol. The summed E-state index contributed by atoms with van der Waals surface area (Å²) in [6, 6.07) is 0. The molecule has 0 amide bonds. The molecule has 0 spiro atoms. The first-order valence-electron chi connectivity index (χ1n) is 8.70. The average molecular weight is 344 g/mol. The predicted octanol–water partition coefficient (Wildman–Crippen LogP) is 5.31. The Bertz CT molecular complexity index is 209. The zero-order valence-electron chi connectivity index (χ0n) is 13.7. The molecule has 0 aromatic carbocycles. The van der Waals surface area contributed by atoms with Gasteiger partial charge in [0, 0.05) is 13.1 Å². The van der Waals surface area contributed by atoms with Gasteiger partial charge in [-0.05, 0) is 12.8 Å². The lowest BCUT2D eigenvalue weighted by atomic mass is 10.1. The molecule has 0 atom stereocenters. The van der Waals surface area contributed by atoms with E-state index in [1.807, 2.05) is 0 Å². The van der Waals surface area contributed by atoms with Crippen LogP contribution in [-0.2, 0) is 0 Å². The molecule has 0 rings (SSSR count). The molecule has 4 heteroatoms. The lowest BCUT2D eigenvalue weighted by molar-refractivity contribution is 0.395. The van der Waals surface area contributed by atoms with Crippen molar-refractivity contribution in [3.05, 3.63) is 0 Å². The van der Waals surface area contributed by atoms with E-state index in [4.69, 9.17) is 12.2 Å². The van der Waals surface area contributed by atoms with Gasteiger partial charge in [-0.3, -0.25) is 0 Å². The number of unbranched alkanes of at least 4 members (excludes halogenated alkanes) is 10. The van der Waals surface area contributed by atoms with Crippen LogP contribution in [0.1, 0.15) is 90.9 Å². The molecule has 0 heterocycles. The Balaban J connectivity index is 0. The Hall–Kier alpha value is 1.01. The van der Waals surface area contributed by atoms with Gasteiger partial charge in [0.25, 0.3) is 0 Å². The molecule has 0 aliphatic heterocycles. The molecule has 124 valence electrons. The van der Waals surface area contributed by atoms with E-state index in [-0.39, 0.29) is 23.1 Å². The van der Waals surface area contributed by atoms with Gasteiger partial charge in [-0.15, -0.1) is 12.6 Å². The first-order chi connectivity index (χ1) is 9.72. The van der Waals surface area contributed by atoms with E-state index in [2.05, 4.69) is 31.4 Å². The molecule has 0 fully saturated rings. The topological polar surface area (TPSA) is 3.24 Å². The fourth-order valence-electron chi connectivity index (χ4n) is 2.47. The predicted molar refractivity (Wildman–Crippen MR) is 108 cm³/mol. The molecule has 0 aromatic heterocycles. The lowest BCUT2D eigenvalue weighted by Crippen LogP contribution is -2.28. The fraction of sp³-hybridized carbons (Fsp3) is 0.941. The van der Waals surface area contributed by atoms with Gasteiger partial charge in [-0.25, -0.2) is 0 Å². The Morgan fingerprint density at radius 2 is 1.05 bits per heavy atom. The minimum absolute atomic E-state index is 0. The summed E-state index contributed by atoms with van der Waals surface area (Å²) >= 11 is 9.61. The van der Waals surface area contributed by atoms with Gasteiger partial charge in [0.15, 0.2) is 0 Å². The van der Waals surface area contributed by atoms with Crippen molar-refractivity contribution in [2.45, 2.75) is 90.9 Å². The molecule has 0 saturated carbocycles. The highest BCUT2D eigenvalue weighted by Crippen LogP contribution is 2.10. The summed E-state index contributed by atoms with van der Waals surface area (Å²) in [5.74, 6) is 0. The summed E-state index contributed by atoms with van der Waals surface area (Å²) in [4.78, 5) is 2.29. The van der Waals surface area contributed by atoms with Gasteiger partial charge in [0.05, 0.1) is 0 Å². The Morgan fingerprint density at radius 1 is 0.714 bits per heavy atom. The van der Waals surface area contributed by atoms with Crippen LogP contribution in [0.2, 0.25) is 0 Å². The first-order valence-corrected chi connectivity index (χ1v) is 9.55. The van der Waals surface area contributed by atoms with Gasteiger partial charge in [-0.2, -0.15) is 0 Å². The van der Waals surface area contributed by atoms with Gasteiger partial charge in [-0.1, -0.05) is 90.3 Å². The SMILES string of the molecule is CCCCCCCCN(CCCCCCCC)C(=S)S.[MgH2]. The van der Waals surface area contributed by atoms with Crippen LogP contribution in [0, 0.1) is 0 Å². The lowest BCUT2D eigenvalue weighted by Gasteiger charge is -2.22. The van der Waals surface area contributed by atoms with Crippen LogP contribution >= 0.6 is 24.8 Å². The molecule has 21 heavy (non-hydrogen) atoms. The summed E-state index contributed by atoms with van der Waals surface area (Å²) in [5, 5.41) is 0. The van der Waals surface area contributed by atoms with Gasteiger partial charge in [0.2, 0.25) is 0 Å². The highest BCUT2D eigenvalue weighted by atomic mass is 32.1. The fourth-order valence-corrected chi connectivity index (χ4v) is 2.85. The largest absolute Gasteiger partial charge is 0.358 e. The standard InChI is InChI=1S/C17H35NS2.Mg.2H/c1-3-5-7-9-11-13-15-18(17(19)20)16-14-12-10-8-6-4-2;;;/h3-16H2,1-2H3,(H,19,20);;;. The second-order valence-electron chi connectivity index (χ2n) is 5.81. The normalized spacial score (nSPS) is 10.2. The third-order valence-corrected chi connectivity index (χ3v) is 4.37. The van der Waals surface area contributed by atoms with Gasteiger partial charge < -0.3 is 4.90 Å². The molecule has 0 aliphatic carbocycles. The van der Waals surface area contributed by atoms with E-state index >= 15 is 0 Å². The highest BCUT2D eigenvalue weighted by Gasteiger charge is 2.05. The minimum atomic E-state index is 0. The van der Waals surface area contributed by atoms with Crippen LogP contribution in [0.25, 0.3) is 0 Å². The third-order valence-electron chi connectivity index (χ3n) is 3.83. The minimum Gasteiger partial charge on any atom is -0.358 e. The average Bonchev–Trinajstić information content (AvgIpc) is 2.43. The summed E-state index contributed by atoms with van der Waals surface area (Å²) in [7, 11) is 0. The number of thiocarbonyl (C=S) groups is 1. The molecule has 0 saturated heterocycles. The van der Waals surface area contributed by atoms with Gasteiger partial charge in [0.1, 0.15) is 4.32 Å². The second kappa shape index (κ2) is 19.1. The van der Waals surface area contributed by atoms with E-state index in [1.54, 1.807) is 0 Å². The van der Waals surface area contributed by atoms with Crippen molar-refractivity contribution < 1.29 is 0 Å². The van der Waals surface area contributed by atoms with Crippen molar-refractivity contribution in [1.29, 1.82) is 0 Å². The van der Waals surface area contributed by atoms with Crippen LogP contribution in [-0.4, -0.2) is 45.4 Å². The molecule has 0 bridgehead atoms. The van der Waals surface area contributed by atoms with E-state index in [9.17, 15) is 0 Å². The maximum atomic E-state index is 5.25. The van der Waals surface area contributed by atoms with Crippen molar-refractivity contribution in [2.75, 3.05) is 13.1 Å². The maximum absolute atomic E-state index is 5.25. The van der Waals surface area contributed by atoms with E-state index in [0.29, 0.717) is 0 Å². The molecule has 0 aliphatic rings. The maximum Gasteiger partial charge on any atom is 0.316 e. The van der Waals surface area contributed by atoms with E-state index in [1.165, 1.54) is 77.0 Å². The zero-order valence-corrected chi connectivity index (χ0v) is 15.4. The highest BCUT2D eigenvalue weighted by molar-refractivity contribution is 8.10. The summed E-state index contributed by atoms with van der Waals surface area (Å²) < 4.78 is 0.784. The molecule has 0 radical (unpaired) electrons. The molecule has 0 aromatic rings. The molecule has 0 unspecified atom stereocenters. The number of thiol groups is 1. The van der Waals surface area contributed by atoms with E-state index in [0.717, 1.165) is 17.4 Å². The van der Waals surface area contributed by atoms with Crippen LogP contribution < -0.4 is 0 Å². The number of rotatable bonds is 14. The molecule has 0 N–H and O–H groups in total. The quantitative estimate of drug-likeness (QED) is 0.197. The Labute approximate surface area is 160 Å². The number of hydrogen-bond acceptors (Lipinski definition) is 1.